The van der Waals surface area contributed by atoms with Crippen molar-refractivity contribution in [3.05, 3.63) is 64.8 Å². The number of hydrogen-bond donors (Lipinski definition) is 1. The Bertz CT molecular complexity index is 897. The second-order valence-corrected chi connectivity index (χ2v) is 7.70. The molecule has 0 fully saturated rings. The summed E-state index contributed by atoms with van der Waals surface area (Å²) in [6, 6.07) is 10.1. The molecule has 0 radical (unpaired) electrons. The van der Waals surface area contributed by atoms with E-state index in [4.69, 9.17) is 4.42 Å². The van der Waals surface area contributed by atoms with Crippen LogP contribution in [-0.2, 0) is 9.59 Å². The van der Waals surface area contributed by atoms with E-state index < -0.39 is 23.1 Å². The van der Waals surface area contributed by atoms with Gasteiger partial charge in [-0.3, -0.25) is 14.5 Å². The Morgan fingerprint density at radius 3 is 2.19 bits per heavy atom. The van der Waals surface area contributed by atoms with Crippen LogP contribution < -0.4 is 4.90 Å². The molecule has 1 N–H and O–H groups in total. The minimum atomic E-state index is -0.786. The number of amides is 1. The smallest absolute Gasteiger partial charge is 0.294 e. The van der Waals surface area contributed by atoms with Gasteiger partial charge in [-0.15, -0.1) is 0 Å². The average Bonchev–Trinajstić information content (AvgIpc) is 3.09. The van der Waals surface area contributed by atoms with Gasteiger partial charge in [0.2, 0.25) is 0 Å². The number of anilines is 1. The molecule has 1 aliphatic rings. The number of aryl methyl sites for hydroxylation is 2. The number of carbonyl (C=O) groups excluding carboxylic acids is 2. The Kier molecular flexibility index (Phi) is 4.26. The molecule has 136 valence electrons. The first-order valence-corrected chi connectivity index (χ1v) is 8.55. The van der Waals surface area contributed by atoms with Crippen molar-refractivity contribution in [2.24, 2.45) is 5.41 Å². The van der Waals surface area contributed by atoms with Gasteiger partial charge in [-0.1, -0.05) is 38.5 Å². The van der Waals surface area contributed by atoms with Gasteiger partial charge in [-0.05, 0) is 38.1 Å². The van der Waals surface area contributed by atoms with Gasteiger partial charge < -0.3 is 9.52 Å². The summed E-state index contributed by atoms with van der Waals surface area (Å²) in [6.07, 6.45) is 0. The lowest BCUT2D eigenvalue weighted by atomic mass is 9.83. The Labute approximate surface area is 152 Å². The van der Waals surface area contributed by atoms with Gasteiger partial charge in [0.1, 0.15) is 17.6 Å². The lowest BCUT2D eigenvalue weighted by molar-refractivity contribution is -0.123. The summed E-state index contributed by atoms with van der Waals surface area (Å²) in [6.45, 7) is 9.04. The average molecular weight is 353 g/mol. The number of rotatable bonds is 3. The fourth-order valence-electron chi connectivity index (χ4n) is 3.08. The van der Waals surface area contributed by atoms with Gasteiger partial charge in [-0.25, -0.2) is 0 Å². The van der Waals surface area contributed by atoms with Crippen LogP contribution in [0.1, 0.15) is 43.9 Å². The summed E-state index contributed by atoms with van der Waals surface area (Å²) < 4.78 is 5.74. The summed E-state index contributed by atoms with van der Waals surface area (Å²) in [7, 11) is 0. The fraction of sp³-hybridized carbons (Fsp3) is 0.333. The second kappa shape index (κ2) is 6.16. The fourth-order valence-corrected chi connectivity index (χ4v) is 3.08. The number of carbonyl (C=O) groups is 2. The van der Waals surface area contributed by atoms with Crippen LogP contribution in [0.2, 0.25) is 0 Å². The Morgan fingerprint density at radius 2 is 1.69 bits per heavy atom. The Balaban J connectivity index is 2.18. The molecule has 0 aliphatic carbocycles. The first kappa shape index (κ1) is 18.0. The predicted molar refractivity (Wildman–Crippen MR) is 99.0 cm³/mol. The zero-order valence-corrected chi connectivity index (χ0v) is 15.7. The number of hydrogen-bond acceptors (Lipinski definition) is 4. The highest BCUT2D eigenvalue weighted by Crippen LogP contribution is 2.43. The largest absolute Gasteiger partial charge is 0.503 e. The molecule has 3 rings (SSSR count). The molecule has 1 aliphatic heterocycles. The van der Waals surface area contributed by atoms with Crippen LogP contribution in [0.15, 0.2) is 52.1 Å². The first-order valence-electron chi connectivity index (χ1n) is 8.55. The molecule has 1 aromatic carbocycles. The molecular formula is C21H23NO4. The molecule has 2 aromatic rings. The lowest BCUT2D eigenvalue weighted by Gasteiger charge is -2.27. The highest BCUT2D eigenvalue weighted by atomic mass is 16.3. The minimum Gasteiger partial charge on any atom is -0.503 e. The summed E-state index contributed by atoms with van der Waals surface area (Å²) in [5, 5.41) is 10.5. The van der Waals surface area contributed by atoms with Gasteiger partial charge in [0.15, 0.2) is 11.5 Å². The Morgan fingerprint density at radius 1 is 1.08 bits per heavy atom. The molecule has 0 spiro atoms. The number of furan rings is 1. The molecule has 1 aromatic heterocycles. The topological polar surface area (TPSA) is 70.8 Å². The van der Waals surface area contributed by atoms with E-state index in [0.29, 0.717) is 17.2 Å². The summed E-state index contributed by atoms with van der Waals surface area (Å²) in [5.41, 5.74) is 0.988. The van der Waals surface area contributed by atoms with Gasteiger partial charge in [-0.2, -0.15) is 0 Å². The highest BCUT2D eigenvalue weighted by molar-refractivity contribution is 6.17. The van der Waals surface area contributed by atoms with Gasteiger partial charge in [0, 0.05) is 11.1 Å². The first-order chi connectivity index (χ1) is 12.1. The van der Waals surface area contributed by atoms with E-state index in [0.717, 1.165) is 5.56 Å². The van der Waals surface area contributed by atoms with E-state index in [1.54, 1.807) is 52.0 Å². The van der Waals surface area contributed by atoms with Crippen LogP contribution in [0.5, 0.6) is 0 Å². The molecule has 5 nitrogen and oxygen atoms in total. The zero-order chi connectivity index (χ0) is 19.2. The van der Waals surface area contributed by atoms with Crippen molar-refractivity contribution >= 4 is 17.4 Å². The normalized spacial score (nSPS) is 18.0. The maximum Gasteiger partial charge on any atom is 0.294 e. The van der Waals surface area contributed by atoms with E-state index in [-0.39, 0.29) is 11.4 Å². The summed E-state index contributed by atoms with van der Waals surface area (Å²) >= 11 is 0. The third kappa shape index (κ3) is 2.94. The number of benzene rings is 1. The third-order valence-corrected chi connectivity index (χ3v) is 4.48. The van der Waals surface area contributed by atoms with E-state index in [2.05, 4.69) is 0 Å². The Hall–Kier alpha value is -2.82. The van der Waals surface area contributed by atoms with Crippen molar-refractivity contribution < 1.29 is 19.1 Å². The number of aliphatic hydroxyl groups excluding tert-OH is 1. The number of ketones is 1. The molecule has 0 bridgehead atoms. The van der Waals surface area contributed by atoms with Crippen LogP contribution in [0.25, 0.3) is 0 Å². The molecule has 1 unspecified atom stereocenters. The van der Waals surface area contributed by atoms with Gasteiger partial charge in [0.25, 0.3) is 5.91 Å². The van der Waals surface area contributed by atoms with Crippen LogP contribution in [0.3, 0.4) is 0 Å². The predicted octanol–water partition coefficient (Wildman–Crippen LogP) is 4.41. The molecular weight excluding hydrogens is 330 g/mol. The van der Waals surface area contributed by atoms with E-state index in [9.17, 15) is 14.7 Å². The van der Waals surface area contributed by atoms with E-state index in [1.165, 1.54) is 4.90 Å². The summed E-state index contributed by atoms with van der Waals surface area (Å²) in [4.78, 5) is 27.3. The van der Waals surface area contributed by atoms with Crippen molar-refractivity contribution in [1.82, 2.24) is 0 Å². The monoisotopic (exact) mass is 353 g/mol. The number of nitrogens with zero attached hydrogens (tertiary/aromatic N) is 1. The lowest BCUT2D eigenvalue weighted by Crippen LogP contribution is -2.32. The van der Waals surface area contributed by atoms with Crippen molar-refractivity contribution in [2.45, 2.75) is 40.7 Å². The van der Waals surface area contributed by atoms with Crippen molar-refractivity contribution in [1.29, 1.82) is 0 Å². The highest BCUT2D eigenvalue weighted by Gasteiger charge is 2.47. The standard InChI is InChI=1S/C21H23NO4/c1-12-6-9-14(10-7-12)22-17(15-11-8-13(2)26-15)16(18(23)20(22)25)19(24)21(3,4)5/h6-11,17,23H,1-5H3. The zero-order valence-electron chi connectivity index (χ0n) is 15.7. The molecule has 1 amide bonds. The molecule has 1 atom stereocenters. The molecule has 0 saturated carbocycles. The SMILES string of the molecule is Cc1ccc(N2C(=O)C(O)=C(C(=O)C(C)(C)C)C2c2ccc(C)o2)cc1. The second-order valence-electron chi connectivity index (χ2n) is 7.70. The van der Waals surface area contributed by atoms with Crippen molar-refractivity contribution in [3.8, 4) is 0 Å². The van der Waals surface area contributed by atoms with E-state index >= 15 is 0 Å². The van der Waals surface area contributed by atoms with Crippen LogP contribution in [0.4, 0.5) is 5.69 Å². The van der Waals surface area contributed by atoms with E-state index in [1.807, 2.05) is 19.1 Å². The maximum atomic E-state index is 13.0. The van der Waals surface area contributed by atoms with Crippen LogP contribution in [0, 0.1) is 19.3 Å². The number of Topliss-reactive ketones (excluding diaryl/α,β-unsaturated/α-hetero) is 1. The minimum absolute atomic E-state index is 0.0809. The van der Waals surface area contributed by atoms with Crippen LogP contribution >= 0.6 is 0 Å². The molecule has 5 heteroatoms. The van der Waals surface area contributed by atoms with Crippen LogP contribution in [-0.4, -0.2) is 16.8 Å². The number of aliphatic hydroxyl groups is 1. The van der Waals surface area contributed by atoms with Crippen molar-refractivity contribution in [2.75, 3.05) is 4.90 Å². The van der Waals surface area contributed by atoms with Gasteiger partial charge in [0.05, 0.1) is 5.57 Å². The van der Waals surface area contributed by atoms with Gasteiger partial charge >= 0.3 is 0 Å². The molecule has 2 heterocycles. The molecule has 0 saturated heterocycles. The maximum absolute atomic E-state index is 13.0. The third-order valence-electron chi connectivity index (χ3n) is 4.48. The molecule has 26 heavy (non-hydrogen) atoms. The quantitative estimate of drug-likeness (QED) is 0.887. The van der Waals surface area contributed by atoms with Crippen molar-refractivity contribution in [3.63, 3.8) is 0 Å². The summed E-state index contributed by atoms with van der Waals surface area (Å²) in [5.74, 6) is -0.264.